The zero-order valence-electron chi connectivity index (χ0n) is 14.3. The number of anilines is 1. The van der Waals surface area contributed by atoms with E-state index in [-0.39, 0.29) is 5.91 Å². The molecule has 2 aromatic heterocycles. The Labute approximate surface area is 151 Å². The Morgan fingerprint density at radius 3 is 2.69 bits per heavy atom. The van der Waals surface area contributed by atoms with Gasteiger partial charge in [-0.15, -0.1) is 0 Å². The van der Waals surface area contributed by atoms with Crippen LogP contribution in [0, 0.1) is 0 Å². The van der Waals surface area contributed by atoms with E-state index in [9.17, 15) is 4.79 Å². The quantitative estimate of drug-likeness (QED) is 0.786. The third-order valence-corrected chi connectivity index (χ3v) is 4.50. The summed E-state index contributed by atoms with van der Waals surface area (Å²) in [6, 6.07) is 12.2. The van der Waals surface area contributed by atoms with Crippen LogP contribution in [0.15, 0.2) is 61.2 Å². The van der Waals surface area contributed by atoms with Crippen molar-refractivity contribution in [2.75, 3.05) is 11.4 Å². The van der Waals surface area contributed by atoms with Crippen LogP contribution < -0.4 is 10.2 Å². The lowest BCUT2D eigenvalue weighted by atomic mass is 10.0. The number of pyridine rings is 1. The average molecular weight is 345 g/mol. The molecule has 0 fully saturated rings. The molecule has 6 heteroatoms. The Hall–Kier alpha value is -3.28. The number of hydrogen-bond acceptors (Lipinski definition) is 5. The van der Waals surface area contributed by atoms with Crippen molar-refractivity contribution >= 4 is 11.7 Å². The van der Waals surface area contributed by atoms with E-state index in [1.165, 1.54) is 17.3 Å². The summed E-state index contributed by atoms with van der Waals surface area (Å²) >= 11 is 0. The third kappa shape index (κ3) is 3.54. The number of aromatic nitrogens is 3. The van der Waals surface area contributed by atoms with E-state index >= 15 is 0 Å². The van der Waals surface area contributed by atoms with Gasteiger partial charge in [0.1, 0.15) is 11.5 Å². The van der Waals surface area contributed by atoms with Crippen LogP contribution in [0.1, 0.15) is 27.2 Å². The molecule has 130 valence electrons. The van der Waals surface area contributed by atoms with Gasteiger partial charge in [-0.05, 0) is 29.2 Å². The highest BCUT2D eigenvalue weighted by Crippen LogP contribution is 2.22. The maximum atomic E-state index is 12.2. The van der Waals surface area contributed by atoms with Gasteiger partial charge < -0.3 is 10.2 Å². The lowest BCUT2D eigenvalue weighted by Crippen LogP contribution is -2.31. The fourth-order valence-corrected chi connectivity index (χ4v) is 3.07. The van der Waals surface area contributed by atoms with Crippen LogP contribution in [0.2, 0.25) is 0 Å². The Kier molecular flexibility index (Phi) is 4.55. The molecule has 4 rings (SSSR count). The number of amides is 1. The fourth-order valence-electron chi connectivity index (χ4n) is 3.07. The predicted molar refractivity (Wildman–Crippen MR) is 98.6 cm³/mol. The van der Waals surface area contributed by atoms with Crippen molar-refractivity contribution in [2.45, 2.75) is 19.5 Å². The molecule has 0 radical (unpaired) electrons. The summed E-state index contributed by atoms with van der Waals surface area (Å²) in [5.41, 5.74) is 3.97. The van der Waals surface area contributed by atoms with Crippen molar-refractivity contribution in [3.05, 3.63) is 83.6 Å². The number of carbonyl (C=O) groups excluding carboxylic acids is 1. The van der Waals surface area contributed by atoms with Gasteiger partial charge in [0.25, 0.3) is 5.91 Å². The summed E-state index contributed by atoms with van der Waals surface area (Å²) in [5.74, 6) is 0.556. The summed E-state index contributed by atoms with van der Waals surface area (Å²) in [5, 5.41) is 2.83. The Morgan fingerprint density at radius 1 is 1.04 bits per heavy atom. The van der Waals surface area contributed by atoms with Gasteiger partial charge in [-0.1, -0.05) is 30.3 Å². The largest absolute Gasteiger partial charge is 0.351 e. The van der Waals surface area contributed by atoms with Gasteiger partial charge in [-0.3, -0.25) is 9.78 Å². The molecule has 1 aliphatic heterocycles. The van der Waals surface area contributed by atoms with Crippen molar-refractivity contribution in [3.63, 3.8) is 0 Å². The van der Waals surface area contributed by atoms with Crippen molar-refractivity contribution in [2.24, 2.45) is 0 Å². The Bertz CT molecular complexity index is 896. The minimum Gasteiger partial charge on any atom is -0.351 e. The maximum absolute atomic E-state index is 12.2. The van der Waals surface area contributed by atoms with E-state index in [0.717, 1.165) is 30.9 Å². The number of nitrogens with one attached hydrogen (secondary N) is 1. The number of rotatable bonds is 4. The molecule has 0 atom stereocenters. The summed E-state index contributed by atoms with van der Waals surface area (Å²) in [7, 11) is 0. The molecule has 1 aliphatic rings. The molecule has 1 N–H and O–H groups in total. The van der Waals surface area contributed by atoms with Gasteiger partial charge in [-0.25, -0.2) is 9.97 Å². The van der Waals surface area contributed by atoms with Crippen LogP contribution in [-0.2, 0) is 19.5 Å². The van der Waals surface area contributed by atoms with Crippen LogP contribution in [0.3, 0.4) is 0 Å². The summed E-state index contributed by atoms with van der Waals surface area (Å²) in [6.07, 6.45) is 7.63. The normalized spacial score (nSPS) is 13.2. The smallest absolute Gasteiger partial charge is 0.271 e. The fraction of sp³-hybridized carbons (Fsp3) is 0.200. The van der Waals surface area contributed by atoms with Crippen molar-refractivity contribution < 1.29 is 4.79 Å². The first-order chi connectivity index (χ1) is 12.8. The monoisotopic (exact) mass is 345 g/mol. The Balaban J connectivity index is 1.40. The van der Waals surface area contributed by atoms with E-state index in [4.69, 9.17) is 0 Å². The lowest BCUT2D eigenvalue weighted by molar-refractivity contribution is 0.0945. The van der Waals surface area contributed by atoms with Gasteiger partial charge in [0.2, 0.25) is 0 Å². The second kappa shape index (κ2) is 7.31. The number of nitrogens with zero attached hydrogens (tertiary/aromatic N) is 4. The minimum absolute atomic E-state index is 0.239. The molecular formula is C20H19N5O. The molecule has 3 aromatic rings. The average Bonchev–Trinajstić information content (AvgIpc) is 2.72. The molecule has 3 heterocycles. The molecular weight excluding hydrogens is 326 g/mol. The number of carbonyl (C=O) groups is 1. The number of hydrogen-bond donors (Lipinski definition) is 1. The molecule has 26 heavy (non-hydrogen) atoms. The van der Waals surface area contributed by atoms with Crippen LogP contribution in [0.5, 0.6) is 0 Å². The molecule has 1 amide bonds. The minimum atomic E-state index is -0.239. The van der Waals surface area contributed by atoms with Gasteiger partial charge in [0.05, 0.1) is 12.4 Å². The molecule has 0 unspecified atom stereocenters. The SMILES string of the molecule is O=C(NCc1cccnc1)c1cnc(N2CCc3ccccc3C2)cn1. The first-order valence-corrected chi connectivity index (χ1v) is 8.60. The van der Waals surface area contributed by atoms with Crippen LogP contribution >= 0.6 is 0 Å². The van der Waals surface area contributed by atoms with E-state index < -0.39 is 0 Å². The number of fused-ring (bicyclic) bond motifs is 1. The van der Waals surface area contributed by atoms with E-state index in [1.54, 1.807) is 18.6 Å². The number of benzene rings is 1. The molecule has 1 aromatic carbocycles. The van der Waals surface area contributed by atoms with Crippen LogP contribution in [0.25, 0.3) is 0 Å². The summed E-state index contributed by atoms with van der Waals surface area (Å²) in [4.78, 5) is 27.2. The van der Waals surface area contributed by atoms with Crippen molar-refractivity contribution in [1.29, 1.82) is 0 Å². The standard InChI is InChI=1S/C20H19N5O/c26-20(24-11-15-4-3-8-21-10-15)18-12-23-19(13-22-18)25-9-7-16-5-1-2-6-17(16)14-25/h1-6,8,10,12-13H,7,9,11,14H2,(H,24,26). The first-order valence-electron chi connectivity index (χ1n) is 8.60. The molecule has 0 spiro atoms. The summed E-state index contributed by atoms with van der Waals surface area (Å²) in [6.45, 7) is 2.13. The Morgan fingerprint density at radius 2 is 1.92 bits per heavy atom. The zero-order valence-corrected chi connectivity index (χ0v) is 14.3. The third-order valence-electron chi connectivity index (χ3n) is 4.50. The first kappa shape index (κ1) is 16.2. The highest BCUT2D eigenvalue weighted by Gasteiger charge is 2.18. The molecule has 6 nitrogen and oxygen atoms in total. The van der Waals surface area contributed by atoms with Crippen LogP contribution in [-0.4, -0.2) is 27.4 Å². The van der Waals surface area contributed by atoms with Crippen LogP contribution in [0.4, 0.5) is 5.82 Å². The molecule has 0 saturated carbocycles. The predicted octanol–water partition coefficient (Wildman–Crippen LogP) is 2.36. The highest BCUT2D eigenvalue weighted by atomic mass is 16.1. The van der Waals surface area contributed by atoms with Crippen molar-refractivity contribution in [3.8, 4) is 0 Å². The van der Waals surface area contributed by atoms with E-state index in [2.05, 4.69) is 49.4 Å². The molecule has 0 bridgehead atoms. The second-order valence-electron chi connectivity index (χ2n) is 6.24. The van der Waals surface area contributed by atoms with Crippen molar-refractivity contribution in [1.82, 2.24) is 20.3 Å². The maximum Gasteiger partial charge on any atom is 0.271 e. The highest BCUT2D eigenvalue weighted by molar-refractivity contribution is 5.91. The van der Waals surface area contributed by atoms with Gasteiger partial charge in [-0.2, -0.15) is 0 Å². The van der Waals surface area contributed by atoms with E-state index in [0.29, 0.717) is 12.2 Å². The van der Waals surface area contributed by atoms with Gasteiger partial charge in [0.15, 0.2) is 0 Å². The molecule has 0 saturated heterocycles. The zero-order chi connectivity index (χ0) is 17.8. The van der Waals surface area contributed by atoms with Gasteiger partial charge >= 0.3 is 0 Å². The topological polar surface area (TPSA) is 71.0 Å². The van der Waals surface area contributed by atoms with E-state index in [1.807, 2.05) is 12.1 Å². The van der Waals surface area contributed by atoms with Gasteiger partial charge in [0, 0.05) is 32.0 Å². The molecule has 0 aliphatic carbocycles. The second-order valence-corrected chi connectivity index (χ2v) is 6.24. The lowest BCUT2D eigenvalue weighted by Gasteiger charge is -2.29. The summed E-state index contributed by atoms with van der Waals surface area (Å²) < 4.78 is 0.